The molecule has 1 saturated heterocycles. The number of rotatable bonds is 3. The molecule has 2 aliphatic rings. The van der Waals surface area contributed by atoms with E-state index in [9.17, 15) is 13.2 Å². The zero-order valence-electron chi connectivity index (χ0n) is 15.3. The van der Waals surface area contributed by atoms with Gasteiger partial charge in [-0.05, 0) is 24.6 Å². The second kappa shape index (κ2) is 6.77. The summed E-state index contributed by atoms with van der Waals surface area (Å²) in [7, 11) is -3.38. The zero-order valence-corrected chi connectivity index (χ0v) is 16.2. The lowest BCUT2D eigenvalue weighted by atomic mass is 9.83. The number of nitrogens with zero attached hydrogens (tertiary/aromatic N) is 1. The van der Waals surface area contributed by atoms with Crippen molar-refractivity contribution < 1.29 is 17.9 Å². The van der Waals surface area contributed by atoms with Crippen molar-refractivity contribution in [1.82, 2.24) is 4.31 Å². The molecule has 0 saturated carbocycles. The lowest BCUT2D eigenvalue weighted by Crippen LogP contribution is -2.52. The van der Waals surface area contributed by atoms with Crippen LogP contribution < -0.4 is 4.74 Å². The molecule has 0 bridgehead atoms. The largest absolute Gasteiger partial charge is 0.486 e. The molecule has 0 atom stereocenters. The van der Waals surface area contributed by atoms with Crippen molar-refractivity contribution in [1.29, 1.82) is 0 Å². The number of hydrogen-bond donors (Lipinski definition) is 0. The number of ketones is 1. The van der Waals surface area contributed by atoms with Gasteiger partial charge in [0, 0.05) is 25.9 Å². The summed E-state index contributed by atoms with van der Waals surface area (Å²) >= 11 is 0. The van der Waals surface area contributed by atoms with E-state index in [1.807, 2.05) is 55.5 Å². The Balaban J connectivity index is 1.47. The van der Waals surface area contributed by atoms with Crippen molar-refractivity contribution in [3.63, 3.8) is 0 Å². The highest BCUT2D eigenvalue weighted by molar-refractivity contribution is 7.88. The molecule has 0 N–H and O–H groups in total. The average molecular weight is 385 g/mol. The van der Waals surface area contributed by atoms with E-state index in [1.165, 1.54) is 4.31 Å². The van der Waals surface area contributed by atoms with Crippen LogP contribution in [0.15, 0.2) is 48.5 Å². The summed E-state index contributed by atoms with van der Waals surface area (Å²) in [6.45, 7) is 2.71. The Morgan fingerprint density at radius 3 is 2.48 bits per heavy atom. The number of hydrogen-bond acceptors (Lipinski definition) is 4. The molecule has 0 radical (unpaired) electrons. The topological polar surface area (TPSA) is 63.7 Å². The van der Waals surface area contributed by atoms with E-state index in [1.54, 1.807) is 0 Å². The molecular formula is C21H23NO4S. The minimum Gasteiger partial charge on any atom is -0.486 e. The minimum absolute atomic E-state index is 0.00272. The van der Waals surface area contributed by atoms with Gasteiger partial charge in [0.1, 0.15) is 11.4 Å². The number of fused-ring (bicyclic) bond motifs is 1. The van der Waals surface area contributed by atoms with E-state index in [0.717, 1.165) is 11.1 Å². The second-order valence-corrected chi connectivity index (χ2v) is 9.49. The number of benzene rings is 2. The Labute approximate surface area is 160 Å². The van der Waals surface area contributed by atoms with Crippen molar-refractivity contribution in [2.24, 2.45) is 0 Å². The second-order valence-electron chi connectivity index (χ2n) is 7.53. The normalized spacial score (nSPS) is 19.5. The highest BCUT2D eigenvalue weighted by Crippen LogP contribution is 2.40. The summed E-state index contributed by atoms with van der Waals surface area (Å²) in [5.41, 5.74) is 1.87. The molecule has 0 amide bonds. The van der Waals surface area contributed by atoms with E-state index in [0.29, 0.717) is 43.7 Å². The minimum atomic E-state index is -3.38. The SMILES string of the molecule is Cc1ccc2c(c1)C(=O)CC1(CCN(S(=O)(=O)Cc3ccccc3)CC1)O2. The van der Waals surface area contributed by atoms with Gasteiger partial charge in [-0.3, -0.25) is 4.79 Å². The number of Topliss-reactive ketones (excluding diaryl/α,β-unsaturated/α-hetero) is 1. The molecule has 1 spiro atoms. The zero-order chi connectivity index (χ0) is 19.1. The summed E-state index contributed by atoms with van der Waals surface area (Å²) in [6.07, 6.45) is 1.37. The molecule has 2 aliphatic heterocycles. The molecule has 142 valence electrons. The smallest absolute Gasteiger partial charge is 0.218 e. The number of carbonyl (C=O) groups excluding carboxylic acids is 1. The van der Waals surface area contributed by atoms with Gasteiger partial charge in [0.15, 0.2) is 5.78 Å². The van der Waals surface area contributed by atoms with Crippen LogP contribution in [-0.4, -0.2) is 37.2 Å². The molecule has 1 fully saturated rings. The Kier molecular flexibility index (Phi) is 4.56. The van der Waals surface area contributed by atoms with Crippen LogP contribution in [0, 0.1) is 6.92 Å². The van der Waals surface area contributed by atoms with Crippen LogP contribution in [0.25, 0.3) is 0 Å². The fraction of sp³-hybridized carbons (Fsp3) is 0.381. The molecule has 27 heavy (non-hydrogen) atoms. The van der Waals surface area contributed by atoms with Crippen molar-refractivity contribution in [3.05, 3.63) is 65.2 Å². The number of aryl methyl sites for hydroxylation is 1. The molecule has 2 aromatic rings. The van der Waals surface area contributed by atoms with Gasteiger partial charge in [-0.25, -0.2) is 12.7 Å². The maximum absolute atomic E-state index is 12.7. The number of carbonyl (C=O) groups is 1. The molecule has 5 nitrogen and oxygen atoms in total. The number of sulfonamides is 1. The van der Waals surface area contributed by atoms with Crippen LogP contribution in [0.2, 0.25) is 0 Å². The summed E-state index contributed by atoms with van der Waals surface area (Å²) < 4.78 is 33.2. The first-order valence-corrected chi connectivity index (χ1v) is 10.8. The molecule has 2 heterocycles. The summed E-state index contributed by atoms with van der Waals surface area (Å²) in [5, 5.41) is 0. The van der Waals surface area contributed by atoms with Gasteiger partial charge in [0.05, 0.1) is 17.7 Å². The molecule has 6 heteroatoms. The van der Waals surface area contributed by atoms with Crippen LogP contribution in [0.3, 0.4) is 0 Å². The van der Waals surface area contributed by atoms with Gasteiger partial charge in [0.25, 0.3) is 0 Å². The van der Waals surface area contributed by atoms with Gasteiger partial charge >= 0.3 is 0 Å². The van der Waals surface area contributed by atoms with Crippen LogP contribution >= 0.6 is 0 Å². The average Bonchev–Trinajstić information content (AvgIpc) is 2.63. The van der Waals surface area contributed by atoms with Gasteiger partial charge in [-0.15, -0.1) is 0 Å². The fourth-order valence-corrected chi connectivity index (χ4v) is 5.47. The lowest BCUT2D eigenvalue weighted by molar-refractivity contribution is 0.00587. The van der Waals surface area contributed by atoms with Crippen LogP contribution in [0.4, 0.5) is 0 Å². The Bertz CT molecular complexity index is 961. The maximum Gasteiger partial charge on any atom is 0.218 e. The van der Waals surface area contributed by atoms with E-state index < -0.39 is 15.6 Å². The predicted molar refractivity (Wildman–Crippen MR) is 103 cm³/mol. The molecule has 2 aromatic carbocycles. The lowest BCUT2D eigenvalue weighted by Gasteiger charge is -2.43. The first-order valence-electron chi connectivity index (χ1n) is 9.22. The van der Waals surface area contributed by atoms with E-state index in [-0.39, 0.29) is 11.5 Å². The summed E-state index contributed by atoms with van der Waals surface area (Å²) in [4.78, 5) is 12.6. The van der Waals surface area contributed by atoms with Crippen LogP contribution in [0.5, 0.6) is 5.75 Å². The molecule has 0 aliphatic carbocycles. The predicted octanol–water partition coefficient (Wildman–Crippen LogP) is 3.32. The molecule has 4 rings (SSSR count). The molecule has 0 unspecified atom stereocenters. The van der Waals surface area contributed by atoms with Crippen LogP contribution in [-0.2, 0) is 15.8 Å². The van der Waals surface area contributed by atoms with Gasteiger partial charge in [0.2, 0.25) is 10.0 Å². The van der Waals surface area contributed by atoms with Crippen LogP contribution in [0.1, 0.15) is 40.7 Å². The van der Waals surface area contributed by atoms with Crippen molar-refractivity contribution >= 4 is 15.8 Å². The third-order valence-electron chi connectivity index (χ3n) is 5.46. The maximum atomic E-state index is 12.7. The van der Waals surface area contributed by atoms with E-state index >= 15 is 0 Å². The quantitative estimate of drug-likeness (QED) is 0.813. The Morgan fingerprint density at radius 1 is 1.07 bits per heavy atom. The first-order chi connectivity index (χ1) is 12.9. The van der Waals surface area contributed by atoms with Crippen molar-refractivity contribution in [3.8, 4) is 5.75 Å². The fourth-order valence-electron chi connectivity index (χ4n) is 3.93. The van der Waals surface area contributed by atoms with Gasteiger partial charge in [-0.2, -0.15) is 0 Å². The van der Waals surface area contributed by atoms with E-state index in [4.69, 9.17) is 4.74 Å². The van der Waals surface area contributed by atoms with Gasteiger partial charge < -0.3 is 4.74 Å². The highest BCUT2D eigenvalue weighted by atomic mass is 32.2. The molecule has 0 aromatic heterocycles. The summed E-state index contributed by atoms with van der Waals surface area (Å²) in [6, 6.07) is 14.9. The van der Waals surface area contributed by atoms with E-state index in [2.05, 4.69) is 0 Å². The number of piperidine rings is 1. The number of ether oxygens (including phenoxy) is 1. The third kappa shape index (κ3) is 3.64. The van der Waals surface area contributed by atoms with Gasteiger partial charge in [-0.1, -0.05) is 42.0 Å². The van der Waals surface area contributed by atoms with Crippen molar-refractivity contribution in [2.45, 2.75) is 37.5 Å². The van der Waals surface area contributed by atoms with Crippen molar-refractivity contribution in [2.75, 3.05) is 13.1 Å². The monoisotopic (exact) mass is 385 g/mol. The Morgan fingerprint density at radius 2 is 1.78 bits per heavy atom. The summed E-state index contributed by atoms with van der Waals surface area (Å²) in [5.74, 6) is 0.709. The standard InChI is InChI=1S/C21H23NO4S/c1-16-7-8-20-18(13-16)19(23)14-21(26-20)9-11-22(12-10-21)27(24,25)15-17-5-3-2-4-6-17/h2-8,13H,9-12,14-15H2,1H3. The molecular weight excluding hydrogens is 362 g/mol. The third-order valence-corrected chi connectivity index (χ3v) is 7.31. The Hall–Kier alpha value is -2.18. The first kappa shape index (κ1) is 18.2. The highest BCUT2D eigenvalue weighted by Gasteiger charge is 2.44.